The average molecular weight is 525 g/mol. The fourth-order valence-electron chi connectivity index (χ4n) is 4.53. The van der Waals surface area contributed by atoms with Gasteiger partial charge in [0.25, 0.3) is 11.5 Å². The minimum atomic E-state index is -0.377. The summed E-state index contributed by atoms with van der Waals surface area (Å²) >= 11 is 0. The average Bonchev–Trinajstić information content (AvgIpc) is 3.42. The third-order valence-electron chi connectivity index (χ3n) is 6.65. The molecule has 0 unspecified atom stereocenters. The molecule has 0 radical (unpaired) electrons. The second-order valence-corrected chi connectivity index (χ2v) is 9.99. The van der Waals surface area contributed by atoms with Crippen LogP contribution in [-0.4, -0.2) is 29.3 Å². The first-order chi connectivity index (χ1) is 18.9. The van der Waals surface area contributed by atoms with Crippen LogP contribution >= 0.6 is 0 Å². The minimum Gasteiger partial charge on any atom is -0.497 e. The zero-order valence-electron chi connectivity index (χ0n) is 22.4. The number of fused-ring (bicyclic) bond motifs is 1. The van der Waals surface area contributed by atoms with Crippen molar-refractivity contribution >= 4 is 17.3 Å². The van der Waals surface area contributed by atoms with Gasteiger partial charge in [0.15, 0.2) is 11.4 Å². The van der Waals surface area contributed by atoms with Crippen molar-refractivity contribution in [2.75, 3.05) is 19.0 Å². The highest BCUT2D eigenvalue weighted by Gasteiger charge is 2.18. The molecule has 3 aromatic carbocycles. The molecule has 0 fully saturated rings. The summed E-state index contributed by atoms with van der Waals surface area (Å²) in [5.74, 6) is 1.86. The van der Waals surface area contributed by atoms with Gasteiger partial charge in [0.1, 0.15) is 11.5 Å². The van der Waals surface area contributed by atoms with Gasteiger partial charge in [-0.15, -0.1) is 0 Å². The molecule has 1 amide bonds. The molecule has 0 atom stereocenters. The summed E-state index contributed by atoms with van der Waals surface area (Å²) in [6.45, 7) is 4.69. The van der Waals surface area contributed by atoms with Crippen LogP contribution in [0.1, 0.15) is 41.8 Å². The molecule has 4 aromatic rings. The topological polar surface area (TPSA) is 94.5 Å². The Morgan fingerprint density at radius 2 is 1.69 bits per heavy atom. The van der Waals surface area contributed by atoms with Crippen molar-refractivity contribution in [3.63, 3.8) is 0 Å². The Labute approximate surface area is 227 Å². The van der Waals surface area contributed by atoms with Crippen LogP contribution in [-0.2, 0) is 12.8 Å². The first-order valence-electron chi connectivity index (χ1n) is 13.1. The van der Waals surface area contributed by atoms with E-state index in [2.05, 4.69) is 21.8 Å². The Morgan fingerprint density at radius 1 is 0.974 bits per heavy atom. The molecule has 1 heterocycles. The van der Waals surface area contributed by atoms with Crippen molar-refractivity contribution in [1.29, 1.82) is 0 Å². The van der Waals surface area contributed by atoms with E-state index in [0.29, 0.717) is 46.6 Å². The van der Waals surface area contributed by atoms with Crippen molar-refractivity contribution in [1.82, 2.24) is 15.1 Å². The van der Waals surface area contributed by atoms with E-state index in [4.69, 9.17) is 9.47 Å². The lowest BCUT2D eigenvalue weighted by Gasteiger charge is -2.15. The molecule has 200 valence electrons. The summed E-state index contributed by atoms with van der Waals surface area (Å²) in [6.07, 6.45) is 4.77. The van der Waals surface area contributed by atoms with Gasteiger partial charge in [-0.3, -0.25) is 9.59 Å². The van der Waals surface area contributed by atoms with E-state index in [0.717, 1.165) is 19.3 Å². The van der Waals surface area contributed by atoms with Crippen LogP contribution in [0, 0.1) is 5.92 Å². The quantitative estimate of drug-likeness (QED) is 0.294. The number of amides is 1. The first-order valence-corrected chi connectivity index (χ1v) is 13.1. The Balaban J connectivity index is 1.47. The number of aryl methyl sites for hydroxylation is 2. The highest BCUT2D eigenvalue weighted by molar-refractivity contribution is 5.94. The maximum atomic E-state index is 13.7. The van der Waals surface area contributed by atoms with Gasteiger partial charge in [0, 0.05) is 17.8 Å². The molecule has 8 nitrogen and oxygen atoms in total. The van der Waals surface area contributed by atoms with Gasteiger partial charge in [0.2, 0.25) is 0 Å². The number of hydrogen-bond donors (Lipinski definition) is 2. The number of benzene rings is 3. The van der Waals surface area contributed by atoms with E-state index < -0.39 is 0 Å². The van der Waals surface area contributed by atoms with Gasteiger partial charge in [-0.25, -0.2) is 0 Å². The zero-order chi connectivity index (χ0) is 27.4. The lowest BCUT2D eigenvalue weighted by atomic mass is 10.1. The fourth-order valence-corrected chi connectivity index (χ4v) is 4.53. The number of hydrogen-bond acceptors (Lipinski definition) is 6. The second-order valence-electron chi connectivity index (χ2n) is 9.99. The molecule has 5 rings (SSSR count). The van der Waals surface area contributed by atoms with E-state index in [1.807, 2.05) is 26.0 Å². The Hall–Kier alpha value is -4.59. The highest BCUT2D eigenvalue weighted by atomic mass is 16.5. The monoisotopic (exact) mass is 524 g/mol. The maximum Gasteiger partial charge on any atom is 0.299 e. The normalized spacial score (nSPS) is 12.2. The molecule has 0 spiro atoms. The van der Waals surface area contributed by atoms with E-state index in [-0.39, 0.29) is 17.2 Å². The van der Waals surface area contributed by atoms with Crippen molar-refractivity contribution in [2.45, 2.75) is 33.1 Å². The molecule has 1 aliphatic rings. The van der Waals surface area contributed by atoms with E-state index in [9.17, 15) is 9.59 Å². The number of carbonyl (C=O) groups is 1. The summed E-state index contributed by atoms with van der Waals surface area (Å²) in [5.41, 5.74) is 4.24. The molecule has 0 bridgehead atoms. The number of carbonyl (C=O) groups excluding carboxylic acids is 1. The summed E-state index contributed by atoms with van der Waals surface area (Å²) in [5, 5.41) is 10.5. The van der Waals surface area contributed by atoms with Crippen LogP contribution in [0.4, 0.5) is 11.4 Å². The van der Waals surface area contributed by atoms with Gasteiger partial charge >= 0.3 is 0 Å². The van der Waals surface area contributed by atoms with E-state index >= 15 is 0 Å². The maximum absolute atomic E-state index is 13.7. The first kappa shape index (κ1) is 26.0. The summed E-state index contributed by atoms with van der Waals surface area (Å²) in [4.78, 5) is 26.1. The zero-order valence-corrected chi connectivity index (χ0v) is 22.4. The van der Waals surface area contributed by atoms with E-state index in [1.54, 1.807) is 55.6 Å². The largest absolute Gasteiger partial charge is 0.497 e. The number of anilines is 2. The summed E-state index contributed by atoms with van der Waals surface area (Å²) < 4.78 is 12.8. The van der Waals surface area contributed by atoms with Gasteiger partial charge < -0.3 is 20.1 Å². The van der Waals surface area contributed by atoms with Crippen LogP contribution in [0.25, 0.3) is 5.69 Å². The number of nitrogens with one attached hydrogen (secondary N) is 2. The number of aromatic nitrogens is 2. The third-order valence-corrected chi connectivity index (χ3v) is 6.65. The van der Waals surface area contributed by atoms with Crippen LogP contribution in [0.15, 0.2) is 77.7 Å². The summed E-state index contributed by atoms with van der Waals surface area (Å²) in [7, 11) is 1.59. The molecule has 39 heavy (non-hydrogen) atoms. The molecule has 8 heteroatoms. The van der Waals surface area contributed by atoms with Crippen LogP contribution < -0.4 is 25.7 Å². The molecule has 2 N–H and O–H groups in total. The molecule has 0 aliphatic heterocycles. The van der Waals surface area contributed by atoms with Crippen LogP contribution in [0.3, 0.4) is 0 Å². The predicted molar refractivity (Wildman–Crippen MR) is 152 cm³/mol. The van der Waals surface area contributed by atoms with E-state index in [1.165, 1.54) is 22.0 Å². The fraction of sp³-hybridized carbons (Fsp3) is 0.258. The van der Waals surface area contributed by atoms with Gasteiger partial charge in [-0.2, -0.15) is 9.78 Å². The van der Waals surface area contributed by atoms with Crippen molar-refractivity contribution in [3.05, 3.63) is 100.0 Å². The van der Waals surface area contributed by atoms with Crippen LogP contribution in [0.5, 0.6) is 17.2 Å². The number of ether oxygens (including phenoxy) is 2. The molecule has 0 saturated heterocycles. The molecular weight excluding hydrogens is 492 g/mol. The highest BCUT2D eigenvalue weighted by Crippen LogP contribution is 2.32. The Kier molecular flexibility index (Phi) is 7.63. The van der Waals surface area contributed by atoms with Crippen molar-refractivity contribution in [2.24, 2.45) is 5.92 Å². The van der Waals surface area contributed by atoms with Crippen molar-refractivity contribution < 1.29 is 14.3 Å². The molecular formula is C31H32N4O4. The van der Waals surface area contributed by atoms with Gasteiger partial charge in [0.05, 0.1) is 19.0 Å². The third kappa shape index (κ3) is 5.95. The Bertz CT molecular complexity index is 1530. The lowest BCUT2D eigenvalue weighted by Crippen LogP contribution is -2.27. The smallest absolute Gasteiger partial charge is 0.299 e. The SMILES string of the molecule is COc1ccc(-n2ncc(Oc3ccc4c(c3)CCC4)c(Nc3ccc(C(=O)NCC(C)C)cc3)c2=O)cc1. The second kappa shape index (κ2) is 11.4. The number of rotatable bonds is 9. The van der Waals surface area contributed by atoms with Gasteiger partial charge in [-0.1, -0.05) is 19.9 Å². The predicted octanol–water partition coefficient (Wildman–Crippen LogP) is 5.65. The van der Waals surface area contributed by atoms with Gasteiger partial charge in [-0.05, 0) is 97.0 Å². The number of nitrogens with zero attached hydrogens (tertiary/aromatic N) is 2. The number of methoxy groups -OCH3 is 1. The lowest BCUT2D eigenvalue weighted by molar-refractivity contribution is 0.0949. The molecule has 1 aliphatic carbocycles. The Morgan fingerprint density at radius 3 is 2.41 bits per heavy atom. The molecule has 1 aromatic heterocycles. The standard InChI is InChI=1S/C31H32N4O4/c1-20(2)18-32-30(36)22-7-10-24(11-8-22)34-29-28(39-27-14-9-21-5-4-6-23(21)17-27)19-33-35(31(29)37)25-12-15-26(38-3)16-13-25/h7-17,19-20,34H,4-6,18H2,1-3H3,(H,32,36). The minimum absolute atomic E-state index is 0.137. The summed E-state index contributed by atoms with van der Waals surface area (Å²) in [6, 6.07) is 20.1. The van der Waals surface area contributed by atoms with Crippen molar-refractivity contribution in [3.8, 4) is 22.9 Å². The molecule has 0 saturated carbocycles. The van der Waals surface area contributed by atoms with Crippen LogP contribution in [0.2, 0.25) is 0 Å².